The number of benzene rings is 2. The zero-order valence-electron chi connectivity index (χ0n) is 17.1. The molecule has 2 aromatic rings. The van der Waals surface area contributed by atoms with Gasteiger partial charge in [0, 0.05) is 13.1 Å². The molecule has 0 unspecified atom stereocenters. The summed E-state index contributed by atoms with van der Waals surface area (Å²) in [5, 5.41) is 0. The minimum absolute atomic E-state index is 0.00132. The van der Waals surface area contributed by atoms with E-state index in [1.807, 2.05) is 59.5 Å². The van der Waals surface area contributed by atoms with Gasteiger partial charge in [-0.1, -0.05) is 54.6 Å². The Hall–Kier alpha value is -3.12. The maximum absolute atomic E-state index is 13.5. The lowest BCUT2D eigenvalue weighted by molar-refractivity contribution is -0.143. The van der Waals surface area contributed by atoms with Gasteiger partial charge in [-0.25, -0.2) is 0 Å². The molecule has 2 aromatic carbocycles. The second-order valence-electron chi connectivity index (χ2n) is 8.78. The summed E-state index contributed by atoms with van der Waals surface area (Å²) in [6.45, 7) is 2.57. The summed E-state index contributed by atoms with van der Waals surface area (Å²) >= 11 is 0. The molecular weight excluding hydrogens is 392 g/mol. The third-order valence-electron chi connectivity index (χ3n) is 6.99. The van der Waals surface area contributed by atoms with Crippen molar-refractivity contribution in [1.82, 2.24) is 9.80 Å². The molecule has 31 heavy (non-hydrogen) atoms. The number of hydrogen-bond donors (Lipinski definition) is 0. The summed E-state index contributed by atoms with van der Waals surface area (Å²) in [6, 6.07) is 17.7. The van der Waals surface area contributed by atoms with E-state index in [1.165, 1.54) is 11.1 Å². The summed E-state index contributed by atoms with van der Waals surface area (Å²) in [5.74, 6) is -0.0970. The quantitative estimate of drug-likeness (QED) is 0.703. The topological polar surface area (TPSA) is 59.1 Å². The van der Waals surface area contributed by atoms with Crippen LogP contribution in [0.5, 0.6) is 5.75 Å². The molecule has 2 fully saturated rings. The van der Waals surface area contributed by atoms with E-state index in [1.54, 1.807) is 4.90 Å². The molecule has 4 heterocycles. The third kappa shape index (κ3) is 2.89. The summed E-state index contributed by atoms with van der Waals surface area (Å²) in [4.78, 5) is 30.5. The predicted molar refractivity (Wildman–Crippen MR) is 113 cm³/mol. The van der Waals surface area contributed by atoms with Gasteiger partial charge in [-0.05, 0) is 23.3 Å². The summed E-state index contributed by atoms with van der Waals surface area (Å²) in [6.07, 6.45) is 3.66. The lowest BCUT2D eigenvalue weighted by Gasteiger charge is -2.27. The van der Waals surface area contributed by atoms with E-state index in [0.29, 0.717) is 32.8 Å². The van der Waals surface area contributed by atoms with Crippen molar-refractivity contribution in [2.24, 2.45) is 11.8 Å². The predicted octanol–water partition coefficient (Wildman–Crippen LogP) is 2.39. The highest BCUT2D eigenvalue weighted by Crippen LogP contribution is 2.52. The molecule has 6 heteroatoms. The van der Waals surface area contributed by atoms with Crippen molar-refractivity contribution >= 4 is 11.8 Å². The second kappa shape index (κ2) is 6.95. The maximum atomic E-state index is 13.5. The van der Waals surface area contributed by atoms with Gasteiger partial charge >= 0.3 is 0 Å². The largest absolute Gasteiger partial charge is 0.492 e. The molecule has 2 bridgehead atoms. The van der Waals surface area contributed by atoms with Crippen molar-refractivity contribution < 1.29 is 19.1 Å². The zero-order valence-corrected chi connectivity index (χ0v) is 17.1. The average molecular weight is 416 g/mol. The van der Waals surface area contributed by atoms with Crippen LogP contribution >= 0.6 is 0 Å². The monoisotopic (exact) mass is 416 g/mol. The number of carbonyl (C=O) groups excluding carboxylic acids is 2. The van der Waals surface area contributed by atoms with Crippen molar-refractivity contribution in [3.63, 3.8) is 0 Å². The second-order valence-corrected chi connectivity index (χ2v) is 8.78. The Morgan fingerprint density at radius 3 is 2.52 bits per heavy atom. The molecule has 4 aliphatic heterocycles. The van der Waals surface area contributed by atoms with Crippen LogP contribution in [0, 0.1) is 11.8 Å². The SMILES string of the molecule is O=C([C@H]1[C@@H]2C=C[C@@]3(CN(CCOc4ccccc4)C(=O)[C@@H]13)O2)N1Cc2ccccc2C1. The van der Waals surface area contributed by atoms with Crippen LogP contribution in [0.25, 0.3) is 0 Å². The first-order chi connectivity index (χ1) is 15.1. The van der Waals surface area contributed by atoms with Crippen molar-refractivity contribution in [1.29, 1.82) is 0 Å². The molecule has 0 radical (unpaired) electrons. The Kier molecular flexibility index (Phi) is 4.18. The number of ether oxygens (including phenoxy) is 2. The van der Waals surface area contributed by atoms with Crippen LogP contribution < -0.4 is 4.74 Å². The highest BCUT2D eigenvalue weighted by molar-refractivity contribution is 5.93. The van der Waals surface area contributed by atoms with Crippen LogP contribution in [-0.2, 0) is 27.4 Å². The van der Waals surface area contributed by atoms with Gasteiger partial charge in [0.05, 0.1) is 31.0 Å². The summed E-state index contributed by atoms with van der Waals surface area (Å²) in [5.41, 5.74) is 1.69. The molecular formula is C25H24N2O4. The molecule has 4 atom stereocenters. The van der Waals surface area contributed by atoms with E-state index in [-0.39, 0.29) is 17.9 Å². The standard InChI is InChI=1S/C25H24N2O4/c28-23(27-14-17-6-4-5-7-18(17)15-27)21-20-10-11-25(31-20)16-26(24(29)22(21)25)12-13-30-19-8-2-1-3-9-19/h1-11,20-22H,12-16H2/t20-,21-,22+,25-/m0/s1. The molecule has 0 aliphatic carbocycles. The van der Waals surface area contributed by atoms with Gasteiger partial charge in [0.25, 0.3) is 0 Å². The maximum Gasteiger partial charge on any atom is 0.230 e. The minimum atomic E-state index is -0.679. The Bertz CT molecular complexity index is 1040. The number of amides is 2. The van der Waals surface area contributed by atoms with Gasteiger partial charge in [-0.3, -0.25) is 9.59 Å². The van der Waals surface area contributed by atoms with Gasteiger partial charge in [-0.15, -0.1) is 0 Å². The Labute approximate surface area is 181 Å². The van der Waals surface area contributed by atoms with E-state index < -0.39 is 17.4 Å². The highest BCUT2D eigenvalue weighted by atomic mass is 16.5. The van der Waals surface area contributed by atoms with Gasteiger partial charge in [0.1, 0.15) is 18.0 Å². The Morgan fingerprint density at radius 2 is 1.77 bits per heavy atom. The fourth-order valence-electron chi connectivity index (χ4n) is 5.54. The molecule has 2 saturated heterocycles. The summed E-state index contributed by atoms with van der Waals surface area (Å²) in [7, 11) is 0. The van der Waals surface area contributed by atoms with E-state index in [4.69, 9.17) is 9.47 Å². The highest BCUT2D eigenvalue weighted by Gasteiger charge is 2.67. The molecule has 1 spiro atoms. The lowest BCUT2D eigenvalue weighted by atomic mass is 9.76. The van der Waals surface area contributed by atoms with Crippen LogP contribution in [0.4, 0.5) is 0 Å². The molecule has 0 aromatic heterocycles. The molecule has 158 valence electrons. The van der Waals surface area contributed by atoms with Gasteiger partial charge in [0.2, 0.25) is 11.8 Å². The van der Waals surface area contributed by atoms with Gasteiger partial charge in [0.15, 0.2) is 0 Å². The molecule has 0 N–H and O–H groups in total. The molecule has 6 nitrogen and oxygen atoms in total. The smallest absolute Gasteiger partial charge is 0.230 e. The van der Waals surface area contributed by atoms with Crippen molar-refractivity contribution in [2.45, 2.75) is 24.8 Å². The van der Waals surface area contributed by atoms with Crippen LogP contribution in [0.2, 0.25) is 0 Å². The molecule has 0 saturated carbocycles. The number of fused-ring (bicyclic) bond motifs is 2. The Balaban J connectivity index is 1.17. The van der Waals surface area contributed by atoms with E-state index in [2.05, 4.69) is 12.1 Å². The molecule has 4 aliphatic rings. The Morgan fingerprint density at radius 1 is 1.06 bits per heavy atom. The van der Waals surface area contributed by atoms with E-state index >= 15 is 0 Å². The first kappa shape index (κ1) is 18.6. The van der Waals surface area contributed by atoms with E-state index in [0.717, 1.165) is 5.75 Å². The third-order valence-corrected chi connectivity index (χ3v) is 6.99. The van der Waals surface area contributed by atoms with Gasteiger partial charge in [-0.2, -0.15) is 0 Å². The summed E-state index contributed by atoms with van der Waals surface area (Å²) < 4.78 is 12.0. The number of carbonyl (C=O) groups is 2. The number of para-hydroxylation sites is 1. The number of rotatable bonds is 5. The van der Waals surface area contributed by atoms with Crippen molar-refractivity contribution in [3.8, 4) is 5.75 Å². The first-order valence-electron chi connectivity index (χ1n) is 10.8. The molecule has 6 rings (SSSR count). The van der Waals surface area contributed by atoms with Crippen molar-refractivity contribution in [2.75, 3.05) is 19.7 Å². The minimum Gasteiger partial charge on any atom is -0.492 e. The zero-order chi connectivity index (χ0) is 21.0. The van der Waals surface area contributed by atoms with Crippen molar-refractivity contribution in [3.05, 3.63) is 77.9 Å². The van der Waals surface area contributed by atoms with E-state index in [9.17, 15) is 9.59 Å². The number of likely N-dealkylation sites (tertiary alicyclic amines) is 1. The average Bonchev–Trinajstić information content (AvgIpc) is 3.53. The number of hydrogen-bond acceptors (Lipinski definition) is 4. The van der Waals surface area contributed by atoms with Crippen LogP contribution in [-0.4, -0.2) is 53.0 Å². The fraction of sp³-hybridized carbons (Fsp3) is 0.360. The van der Waals surface area contributed by atoms with Crippen LogP contribution in [0.3, 0.4) is 0 Å². The first-order valence-corrected chi connectivity index (χ1v) is 10.8. The fourth-order valence-corrected chi connectivity index (χ4v) is 5.54. The normalized spacial score (nSPS) is 30.1. The van der Waals surface area contributed by atoms with Crippen LogP contribution in [0.15, 0.2) is 66.7 Å². The van der Waals surface area contributed by atoms with Crippen LogP contribution in [0.1, 0.15) is 11.1 Å². The number of nitrogens with zero attached hydrogens (tertiary/aromatic N) is 2. The van der Waals surface area contributed by atoms with Gasteiger partial charge < -0.3 is 19.3 Å². The lowest BCUT2D eigenvalue weighted by Crippen LogP contribution is -2.44. The molecule has 2 amide bonds.